The third-order valence-electron chi connectivity index (χ3n) is 4.60. The second-order valence-electron chi connectivity index (χ2n) is 6.38. The Hall–Kier alpha value is -2.78. The van der Waals surface area contributed by atoms with Crippen LogP contribution in [-0.2, 0) is 10.0 Å². The normalized spacial score (nSPS) is 17.2. The fourth-order valence-corrected chi connectivity index (χ4v) is 4.54. The molecular formula is C19H20N2O6S. The van der Waals surface area contributed by atoms with Gasteiger partial charge in [-0.1, -0.05) is 18.2 Å². The van der Waals surface area contributed by atoms with E-state index >= 15 is 0 Å². The standard InChI is InChI=1S/C19H20N2O6S/c22-19(27-15-4-2-1-3-5-15)20-8-10-21(11-9-20)28(23,24)16-6-7-17-18(14-16)26-13-12-25-17/h1-7,14H,8-13H2. The summed E-state index contributed by atoms with van der Waals surface area (Å²) < 4.78 is 43.5. The van der Waals surface area contributed by atoms with Crippen molar-refractivity contribution in [2.24, 2.45) is 0 Å². The maximum atomic E-state index is 12.9. The van der Waals surface area contributed by atoms with Gasteiger partial charge in [0.15, 0.2) is 11.5 Å². The van der Waals surface area contributed by atoms with Crippen LogP contribution in [0.4, 0.5) is 4.79 Å². The molecule has 1 saturated heterocycles. The predicted molar refractivity (Wildman–Crippen MR) is 100 cm³/mol. The van der Waals surface area contributed by atoms with Crippen molar-refractivity contribution in [2.75, 3.05) is 39.4 Å². The van der Waals surface area contributed by atoms with Gasteiger partial charge in [-0.05, 0) is 24.3 Å². The first-order valence-corrected chi connectivity index (χ1v) is 10.4. The van der Waals surface area contributed by atoms with Crippen LogP contribution in [0.2, 0.25) is 0 Å². The molecular weight excluding hydrogens is 384 g/mol. The summed E-state index contributed by atoms with van der Waals surface area (Å²) >= 11 is 0. The lowest BCUT2D eigenvalue weighted by Gasteiger charge is -2.33. The van der Waals surface area contributed by atoms with E-state index in [9.17, 15) is 13.2 Å². The molecule has 0 aromatic heterocycles. The minimum atomic E-state index is -3.68. The van der Waals surface area contributed by atoms with Crippen LogP contribution in [0.1, 0.15) is 0 Å². The molecule has 0 aliphatic carbocycles. The first-order chi connectivity index (χ1) is 13.5. The quantitative estimate of drug-likeness (QED) is 0.778. The Morgan fingerprint density at radius 1 is 0.893 bits per heavy atom. The maximum Gasteiger partial charge on any atom is 0.415 e. The lowest BCUT2D eigenvalue weighted by molar-refractivity contribution is 0.132. The zero-order valence-corrected chi connectivity index (χ0v) is 15.9. The second-order valence-corrected chi connectivity index (χ2v) is 8.32. The molecule has 4 rings (SSSR count). The van der Waals surface area contributed by atoms with Gasteiger partial charge < -0.3 is 19.1 Å². The number of nitrogens with zero attached hydrogens (tertiary/aromatic N) is 2. The van der Waals surface area contributed by atoms with Crippen molar-refractivity contribution in [3.63, 3.8) is 0 Å². The average molecular weight is 404 g/mol. The molecule has 0 atom stereocenters. The van der Waals surface area contributed by atoms with Gasteiger partial charge in [-0.15, -0.1) is 0 Å². The fraction of sp³-hybridized carbons (Fsp3) is 0.316. The summed E-state index contributed by atoms with van der Waals surface area (Å²) in [6.07, 6.45) is -0.484. The monoisotopic (exact) mass is 404 g/mol. The number of carbonyl (C=O) groups excluding carboxylic acids is 1. The van der Waals surface area contributed by atoms with E-state index in [0.717, 1.165) is 0 Å². The topological polar surface area (TPSA) is 85.4 Å². The van der Waals surface area contributed by atoms with E-state index in [1.807, 2.05) is 6.07 Å². The molecule has 0 N–H and O–H groups in total. The molecule has 0 spiro atoms. The number of benzene rings is 2. The third kappa shape index (κ3) is 3.76. The van der Waals surface area contributed by atoms with Crippen molar-refractivity contribution in [3.05, 3.63) is 48.5 Å². The molecule has 28 heavy (non-hydrogen) atoms. The molecule has 2 heterocycles. The Morgan fingerprint density at radius 3 is 2.29 bits per heavy atom. The van der Waals surface area contributed by atoms with Crippen LogP contribution in [0.15, 0.2) is 53.4 Å². The summed E-state index contributed by atoms with van der Waals surface area (Å²) in [5, 5.41) is 0. The lowest BCUT2D eigenvalue weighted by atomic mass is 10.3. The van der Waals surface area contributed by atoms with Crippen LogP contribution in [-0.4, -0.2) is 63.1 Å². The van der Waals surface area contributed by atoms with Gasteiger partial charge in [0.2, 0.25) is 10.0 Å². The summed E-state index contributed by atoms with van der Waals surface area (Å²) in [7, 11) is -3.68. The highest BCUT2D eigenvalue weighted by molar-refractivity contribution is 7.89. The summed E-state index contributed by atoms with van der Waals surface area (Å²) in [6.45, 7) is 1.74. The number of fused-ring (bicyclic) bond motifs is 1. The minimum absolute atomic E-state index is 0.150. The van der Waals surface area contributed by atoms with E-state index in [1.165, 1.54) is 21.3 Å². The van der Waals surface area contributed by atoms with Crippen LogP contribution in [0.25, 0.3) is 0 Å². The predicted octanol–water partition coefficient (Wildman–Crippen LogP) is 1.96. The second kappa shape index (κ2) is 7.69. The van der Waals surface area contributed by atoms with E-state index in [2.05, 4.69) is 0 Å². The van der Waals surface area contributed by atoms with Gasteiger partial charge in [0.1, 0.15) is 19.0 Å². The number of hydrogen-bond acceptors (Lipinski definition) is 6. The number of rotatable bonds is 3. The number of carbonyl (C=O) groups is 1. The van der Waals surface area contributed by atoms with E-state index in [4.69, 9.17) is 14.2 Å². The highest BCUT2D eigenvalue weighted by atomic mass is 32.2. The van der Waals surface area contributed by atoms with Gasteiger partial charge in [-0.2, -0.15) is 4.31 Å². The molecule has 148 valence electrons. The molecule has 8 nitrogen and oxygen atoms in total. The SMILES string of the molecule is O=C(Oc1ccccc1)N1CCN(S(=O)(=O)c2ccc3c(c2)OCCO3)CC1. The zero-order chi connectivity index (χ0) is 19.6. The Bertz CT molecular complexity index is 956. The summed E-state index contributed by atoms with van der Waals surface area (Å²) in [4.78, 5) is 13.9. The number of sulfonamides is 1. The van der Waals surface area contributed by atoms with Crippen LogP contribution >= 0.6 is 0 Å². The molecule has 0 saturated carbocycles. The highest BCUT2D eigenvalue weighted by Gasteiger charge is 2.31. The Labute approximate surface area is 163 Å². The molecule has 0 unspecified atom stereocenters. The van der Waals surface area contributed by atoms with Crippen LogP contribution in [0, 0.1) is 0 Å². The lowest BCUT2D eigenvalue weighted by Crippen LogP contribution is -2.51. The van der Waals surface area contributed by atoms with Crippen molar-refractivity contribution in [1.29, 1.82) is 0 Å². The van der Waals surface area contributed by atoms with E-state index in [0.29, 0.717) is 30.5 Å². The van der Waals surface area contributed by atoms with Gasteiger partial charge in [0.05, 0.1) is 4.90 Å². The largest absolute Gasteiger partial charge is 0.486 e. The maximum absolute atomic E-state index is 12.9. The molecule has 2 aliphatic rings. The number of para-hydroxylation sites is 1. The van der Waals surface area contributed by atoms with Gasteiger partial charge in [-0.3, -0.25) is 0 Å². The average Bonchev–Trinajstić information content (AvgIpc) is 2.74. The highest BCUT2D eigenvalue weighted by Crippen LogP contribution is 2.33. The first kappa shape index (κ1) is 18.6. The number of hydrogen-bond donors (Lipinski definition) is 0. The molecule has 1 fully saturated rings. The van der Waals surface area contributed by atoms with Crippen molar-refractivity contribution in [3.8, 4) is 17.2 Å². The van der Waals surface area contributed by atoms with Gasteiger partial charge in [0, 0.05) is 32.2 Å². The third-order valence-corrected chi connectivity index (χ3v) is 6.49. The zero-order valence-electron chi connectivity index (χ0n) is 15.1. The summed E-state index contributed by atoms with van der Waals surface area (Å²) in [6, 6.07) is 13.4. The van der Waals surface area contributed by atoms with E-state index in [-0.39, 0.29) is 31.1 Å². The van der Waals surface area contributed by atoms with Crippen molar-refractivity contribution >= 4 is 16.1 Å². The molecule has 9 heteroatoms. The minimum Gasteiger partial charge on any atom is -0.486 e. The van der Waals surface area contributed by atoms with Crippen LogP contribution < -0.4 is 14.2 Å². The number of piperazine rings is 1. The fourth-order valence-electron chi connectivity index (χ4n) is 3.10. The van der Waals surface area contributed by atoms with Crippen molar-refractivity contribution < 1.29 is 27.4 Å². The van der Waals surface area contributed by atoms with Crippen LogP contribution in [0.5, 0.6) is 17.2 Å². The summed E-state index contributed by atoms with van der Waals surface area (Å²) in [5.41, 5.74) is 0. The smallest absolute Gasteiger partial charge is 0.415 e. The number of amides is 1. The molecule has 0 bridgehead atoms. The molecule has 0 radical (unpaired) electrons. The van der Waals surface area contributed by atoms with Crippen LogP contribution in [0.3, 0.4) is 0 Å². The van der Waals surface area contributed by atoms with Crippen molar-refractivity contribution in [1.82, 2.24) is 9.21 Å². The first-order valence-electron chi connectivity index (χ1n) is 8.96. The Morgan fingerprint density at radius 2 is 1.57 bits per heavy atom. The Balaban J connectivity index is 1.41. The Kier molecular flexibility index (Phi) is 5.10. The van der Waals surface area contributed by atoms with Gasteiger partial charge >= 0.3 is 6.09 Å². The van der Waals surface area contributed by atoms with E-state index < -0.39 is 16.1 Å². The molecule has 2 aliphatic heterocycles. The molecule has 2 aromatic carbocycles. The molecule has 1 amide bonds. The van der Waals surface area contributed by atoms with Gasteiger partial charge in [0.25, 0.3) is 0 Å². The van der Waals surface area contributed by atoms with Gasteiger partial charge in [-0.25, -0.2) is 13.2 Å². The number of ether oxygens (including phenoxy) is 3. The van der Waals surface area contributed by atoms with E-state index in [1.54, 1.807) is 30.3 Å². The molecule has 2 aromatic rings. The van der Waals surface area contributed by atoms with Crippen molar-refractivity contribution in [2.45, 2.75) is 4.90 Å². The summed E-state index contributed by atoms with van der Waals surface area (Å²) in [5.74, 6) is 1.43.